The molecule has 1 N–H and O–H groups in total. The van der Waals surface area contributed by atoms with E-state index in [1.165, 1.54) is 6.92 Å². The van der Waals surface area contributed by atoms with Gasteiger partial charge >= 0.3 is 5.97 Å². The van der Waals surface area contributed by atoms with Gasteiger partial charge in [-0.1, -0.05) is 5.73 Å². The number of esters is 1. The number of aliphatic hydroxyl groups excluding tert-OH is 1. The lowest BCUT2D eigenvalue weighted by molar-refractivity contribution is -0.133. The van der Waals surface area contributed by atoms with E-state index in [2.05, 4.69) is 10.5 Å². The zero-order valence-electron chi connectivity index (χ0n) is 6.50. The minimum absolute atomic E-state index is 0.152. The molecule has 3 nitrogen and oxygen atoms in total. The van der Waals surface area contributed by atoms with Crippen molar-refractivity contribution in [2.75, 3.05) is 0 Å². The molecule has 0 saturated heterocycles. The van der Waals surface area contributed by atoms with Crippen LogP contribution in [0.2, 0.25) is 0 Å². The molecule has 11 heavy (non-hydrogen) atoms. The standard InChI is InChI=1S/C8H10O3/c1-3-4-5-11-8(10)7(2)6-9/h3,5-6,9H,1-2H3. The molecule has 0 radical (unpaired) electrons. The van der Waals surface area contributed by atoms with E-state index >= 15 is 0 Å². The second-order valence-electron chi connectivity index (χ2n) is 1.79. The number of ether oxygens (including phenoxy) is 1. The second kappa shape index (κ2) is 5.33. The molecule has 0 unspecified atom stereocenters. The van der Waals surface area contributed by atoms with Crippen molar-refractivity contribution in [3.05, 3.63) is 29.9 Å². The SMILES string of the molecule is CC=C=COC(=O)C(C)=CO. The summed E-state index contributed by atoms with van der Waals surface area (Å²) in [7, 11) is 0. The van der Waals surface area contributed by atoms with Crippen LogP contribution in [-0.4, -0.2) is 11.1 Å². The van der Waals surface area contributed by atoms with Crippen molar-refractivity contribution in [1.82, 2.24) is 0 Å². The van der Waals surface area contributed by atoms with Gasteiger partial charge in [-0.15, -0.1) is 0 Å². The van der Waals surface area contributed by atoms with Gasteiger partial charge < -0.3 is 9.84 Å². The molecule has 0 rings (SSSR count). The summed E-state index contributed by atoms with van der Waals surface area (Å²) in [6.45, 7) is 3.20. The van der Waals surface area contributed by atoms with E-state index in [-0.39, 0.29) is 5.57 Å². The minimum Gasteiger partial charge on any atom is -0.515 e. The maximum absolute atomic E-state index is 10.7. The summed E-state index contributed by atoms with van der Waals surface area (Å²) in [4.78, 5) is 10.7. The number of carbonyl (C=O) groups excluding carboxylic acids is 1. The van der Waals surface area contributed by atoms with Crippen LogP contribution >= 0.6 is 0 Å². The first-order valence-electron chi connectivity index (χ1n) is 3.10. The Bertz CT molecular complexity index is 219. The second-order valence-corrected chi connectivity index (χ2v) is 1.79. The van der Waals surface area contributed by atoms with Gasteiger partial charge in [-0.05, 0) is 19.9 Å². The summed E-state index contributed by atoms with van der Waals surface area (Å²) in [5, 5.41) is 8.36. The summed E-state index contributed by atoms with van der Waals surface area (Å²) >= 11 is 0. The van der Waals surface area contributed by atoms with Crippen LogP contribution in [0.15, 0.2) is 29.9 Å². The van der Waals surface area contributed by atoms with E-state index in [1.54, 1.807) is 13.0 Å². The van der Waals surface area contributed by atoms with Crippen LogP contribution < -0.4 is 0 Å². The number of hydrogen-bond acceptors (Lipinski definition) is 3. The fraction of sp³-hybridized carbons (Fsp3) is 0.250. The lowest BCUT2D eigenvalue weighted by Gasteiger charge is -1.93. The topological polar surface area (TPSA) is 46.5 Å². The van der Waals surface area contributed by atoms with Gasteiger partial charge in [-0.25, -0.2) is 4.79 Å². The molecule has 0 aromatic rings. The fourth-order valence-electron chi connectivity index (χ4n) is 0.301. The molecule has 0 aromatic heterocycles. The van der Waals surface area contributed by atoms with Gasteiger partial charge in [0.25, 0.3) is 0 Å². The van der Waals surface area contributed by atoms with Gasteiger partial charge in [0.05, 0.1) is 11.8 Å². The molecule has 0 atom stereocenters. The van der Waals surface area contributed by atoms with Crippen molar-refractivity contribution in [2.45, 2.75) is 13.8 Å². The zero-order chi connectivity index (χ0) is 8.69. The fourth-order valence-corrected chi connectivity index (χ4v) is 0.301. The predicted octanol–water partition coefficient (Wildman–Crippen LogP) is 1.68. The third-order valence-electron chi connectivity index (χ3n) is 0.916. The van der Waals surface area contributed by atoms with E-state index in [1.807, 2.05) is 0 Å². The van der Waals surface area contributed by atoms with Crippen molar-refractivity contribution in [3.63, 3.8) is 0 Å². The first-order valence-corrected chi connectivity index (χ1v) is 3.10. The lowest BCUT2D eigenvalue weighted by Crippen LogP contribution is -2.00. The van der Waals surface area contributed by atoms with Gasteiger partial charge in [-0.3, -0.25) is 0 Å². The Labute approximate surface area is 65.3 Å². The normalized spacial score (nSPS) is 9.82. The van der Waals surface area contributed by atoms with Crippen molar-refractivity contribution in [3.8, 4) is 0 Å². The van der Waals surface area contributed by atoms with Crippen molar-refractivity contribution in [1.29, 1.82) is 0 Å². The highest BCUT2D eigenvalue weighted by atomic mass is 16.5. The smallest absolute Gasteiger partial charge is 0.342 e. The molecule has 3 heteroatoms. The highest BCUT2D eigenvalue weighted by Gasteiger charge is 2.01. The molecule has 0 fully saturated rings. The maximum atomic E-state index is 10.7. The van der Waals surface area contributed by atoms with Crippen LogP contribution in [-0.2, 0) is 9.53 Å². The average molecular weight is 154 g/mol. The van der Waals surface area contributed by atoms with E-state index in [4.69, 9.17) is 5.11 Å². The average Bonchev–Trinajstić information content (AvgIpc) is 2.03. The molecule has 0 bridgehead atoms. The quantitative estimate of drug-likeness (QED) is 0.285. The molecule has 0 amide bonds. The predicted molar refractivity (Wildman–Crippen MR) is 40.8 cm³/mol. The molecule has 0 spiro atoms. The monoisotopic (exact) mass is 154 g/mol. The Morgan fingerprint density at radius 2 is 2.27 bits per heavy atom. The molecule has 0 aliphatic heterocycles. The van der Waals surface area contributed by atoms with Crippen molar-refractivity contribution >= 4 is 5.97 Å². The summed E-state index contributed by atoms with van der Waals surface area (Å²) < 4.78 is 4.50. The first-order chi connectivity index (χ1) is 5.22. The third kappa shape index (κ3) is 4.00. The van der Waals surface area contributed by atoms with Crippen molar-refractivity contribution < 1.29 is 14.6 Å². The Balaban J connectivity index is 3.99. The van der Waals surface area contributed by atoms with Gasteiger partial charge in [0.15, 0.2) is 0 Å². The van der Waals surface area contributed by atoms with Crippen LogP contribution in [0.1, 0.15) is 13.8 Å². The number of carbonyl (C=O) groups is 1. The van der Waals surface area contributed by atoms with Gasteiger partial charge in [0, 0.05) is 0 Å². The molecule has 0 heterocycles. The number of hydrogen-bond donors (Lipinski definition) is 1. The molecule has 0 aliphatic carbocycles. The molecular formula is C8H10O3. The van der Waals surface area contributed by atoms with Crippen LogP contribution in [0.25, 0.3) is 0 Å². The minimum atomic E-state index is -0.582. The summed E-state index contributed by atoms with van der Waals surface area (Å²) in [6.07, 6.45) is 3.44. The molecule has 60 valence electrons. The summed E-state index contributed by atoms with van der Waals surface area (Å²) in [6, 6.07) is 0. The van der Waals surface area contributed by atoms with E-state index in [0.717, 1.165) is 6.26 Å². The molecule has 0 aliphatic rings. The third-order valence-corrected chi connectivity index (χ3v) is 0.916. The maximum Gasteiger partial charge on any atom is 0.342 e. The van der Waals surface area contributed by atoms with Gasteiger partial charge in [-0.2, -0.15) is 0 Å². The largest absolute Gasteiger partial charge is 0.515 e. The van der Waals surface area contributed by atoms with Crippen LogP contribution in [0, 0.1) is 0 Å². The number of allylic oxidation sites excluding steroid dienone is 1. The van der Waals surface area contributed by atoms with Gasteiger partial charge in [0.2, 0.25) is 0 Å². The van der Waals surface area contributed by atoms with E-state index < -0.39 is 5.97 Å². The first kappa shape index (κ1) is 9.53. The van der Waals surface area contributed by atoms with E-state index in [9.17, 15) is 4.79 Å². The van der Waals surface area contributed by atoms with Crippen molar-refractivity contribution in [2.24, 2.45) is 0 Å². The molecule has 0 aromatic carbocycles. The van der Waals surface area contributed by atoms with Gasteiger partial charge in [0.1, 0.15) is 6.26 Å². The highest BCUT2D eigenvalue weighted by Crippen LogP contribution is 1.94. The molecule has 0 saturated carbocycles. The Morgan fingerprint density at radius 3 is 2.73 bits per heavy atom. The summed E-state index contributed by atoms with van der Waals surface area (Å²) in [5.74, 6) is -0.582. The number of rotatable bonds is 2. The summed E-state index contributed by atoms with van der Waals surface area (Å²) in [5.41, 5.74) is 2.71. The Kier molecular flexibility index (Phi) is 4.61. The Hall–Kier alpha value is -1.47. The highest BCUT2D eigenvalue weighted by molar-refractivity contribution is 5.87. The van der Waals surface area contributed by atoms with Crippen LogP contribution in [0.3, 0.4) is 0 Å². The van der Waals surface area contributed by atoms with E-state index in [0.29, 0.717) is 6.26 Å². The molecular weight excluding hydrogens is 144 g/mol. The van der Waals surface area contributed by atoms with Crippen LogP contribution in [0.4, 0.5) is 0 Å². The zero-order valence-corrected chi connectivity index (χ0v) is 6.50. The Morgan fingerprint density at radius 1 is 1.64 bits per heavy atom. The lowest BCUT2D eigenvalue weighted by atomic mass is 10.3. The number of aliphatic hydroxyl groups is 1. The van der Waals surface area contributed by atoms with Crippen LogP contribution in [0.5, 0.6) is 0 Å².